The van der Waals surface area contributed by atoms with Crippen LogP contribution in [0.4, 0.5) is 0 Å². The molecular weight excluding hydrogens is 218 g/mol. The van der Waals surface area contributed by atoms with Gasteiger partial charge in [0.05, 0.1) is 0 Å². The third kappa shape index (κ3) is 2.77. The lowest BCUT2D eigenvalue weighted by Gasteiger charge is -2.41. The number of nitrogens with two attached hydrogens (primary N) is 1. The lowest BCUT2D eigenvalue weighted by Crippen LogP contribution is -2.37. The van der Waals surface area contributed by atoms with Crippen LogP contribution in [0.25, 0.3) is 0 Å². The van der Waals surface area contributed by atoms with E-state index >= 15 is 0 Å². The van der Waals surface area contributed by atoms with E-state index in [1.54, 1.807) is 0 Å². The van der Waals surface area contributed by atoms with Gasteiger partial charge in [0, 0.05) is 6.04 Å². The van der Waals surface area contributed by atoms with Gasteiger partial charge in [0.15, 0.2) is 0 Å². The van der Waals surface area contributed by atoms with Gasteiger partial charge in [-0.15, -0.1) is 0 Å². The van der Waals surface area contributed by atoms with Crippen LogP contribution in [0, 0.1) is 19.3 Å². The molecule has 0 bridgehead atoms. The molecule has 2 N–H and O–H groups in total. The van der Waals surface area contributed by atoms with Crippen molar-refractivity contribution < 1.29 is 0 Å². The van der Waals surface area contributed by atoms with E-state index in [2.05, 4.69) is 45.9 Å². The zero-order valence-corrected chi connectivity index (χ0v) is 12.3. The maximum Gasteiger partial charge on any atom is 0.00498 e. The third-order valence-corrected chi connectivity index (χ3v) is 4.80. The maximum absolute atomic E-state index is 6.29. The van der Waals surface area contributed by atoms with Crippen LogP contribution in [-0.4, -0.2) is 6.04 Å². The minimum absolute atomic E-state index is 0.370. The summed E-state index contributed by atoms with van der Waals surface area (Å²) in [5.74, 6) is 0.652. The van der Waals surface area contributed by atoms with Crippen LogP contribution in [0.3, 0.4) is 0 Å². The first kappa shape index (κ1) is 13.6. The molecule has 1 nitrogen and oxygen atoms in total. The Morgan fingerprint density at radius 3 is 2.61 bits per heavy atom. The van der Waals surface area contributed by atoms with E-state index in [1.807, 2.05) is 0 Å². The second-order valence-electron chi connectivity index (χ2n) is 6.63. The molecule has 1 aliphatic carbocycles. The van der Waals surface area contributed by atoms with Crippen molar-refractivity contribution in [3.8, 4) is 0 Å². The summed E-state index contributed by atoms with van der Waals surface area (Å²) >= 11 is 0. The molecule has 1 aromatic rings. The average Bonchev–Trinajstić information content (AvgIpc) is 2.27. The topological polar surface area (TPSA) is 26.0 Å². The zero-order valence-electron chi connectivity index (χ0n) is 12.3. The van der Waals surface area contributed by atoms with E-state index in [0.29, 0.717) is 17.4 Å². The summed E-state index contributed by atoms with van der Waals surface area (Å²) in [6, 6.07) is 7.24. The minimum Gasteiger partial charge on any atom is -0.328 e. The van der Waals surface area contributed by atoms with Gasteiger partial charge >= 0.3 is 0 Å². The molecule has 0 amide bonds. The van der Waals surface area contributed by atoms with Crippen LogP contribution in [-0.2, 0) is 0 Å². The van der Waals surface area contributed by atoms with Gasteiger partial charge in [-0.3, -0.25) is 0 Å². The molecule has 2 rings (SSSR count). The first-order valence-corrected chi connectivity index (χ1v) is 7.26. The minimum atomic E-state index is 0.370. The first-order valence-electron chi connectivity index (χ1n) is 7.26. The van der Waals surface area contributed by atoms with Crippen molar-refractivity contribution in [2.24, 2.45) is 11.1 Å². The fourth-order valence-corrected chi connectivity index (χ4v) is 3.65. The van der Waals surface area contributed by atoms with Crippen LogP contribution >= 0.6 is 0 Å². The third-order valence-electron chi connectivity index (χ3n) is 4.80. The average molecular weight is 245 g/mol. The summed E-state index contributed by atoms with van der Waals surface area (Å²) in [6.45, 7) is 9.12. The van der Waals surface area contributed by atoms with E-state index in [1.165, 1.54) is 36.0 Å². The molecule has 0 heterocycles. The second kappa shape index (κ2) is 5.05. The Balaban J connectivity index is 2.27. The summed E-state index contributed by atoms with van der Waals surface area (Å²) in [4.78, 5) is 0. The number of hydrogen-bond acceptors (Lipinski definition) is 1. The number of rotatable bonds is 2. The summed E-state index contributed by atoms with van der Waals surface area (Å²) in [5, 5.41) is 0. The monoisotopic (exact) mass is 245 g/mol. The number of benzene rings is 1. The van der Waals surface area contributed by atoms with Gasteiger partial charge in [-0.05, 0) is 55.6 Å². The molecule has 1 aromatic carbocycles. The predicted octanol–water partition coefficient (Wildman–Crippen LogP) is 4.31. The molecule has 0 aliphatic heterocycles. The van der Waals surface area contributed by atoms with Crippen molar-refractivity contribution in [2.75, 3.05) is 0 Å². The van der Waals surface area contributed by atoms with Crippen molar-refractivity contribution in [1.82, 2.24) is 0 Å². The molecule has 1 saturated carbocycles. The van der Waals surface area contributed by atoms with Crippen LogP contribution in [0.2, 0.25) is 0 Å². The summed E-state index contributed by atoms with van der Waals surface area (Å²) < 4.78 is 0. The molecule has 0 saturated heterocycles. The van der Waals surface area contributed by atoms with Crippen LogP contribution in [0.5, 0.6) is 0 Å². The van der Waals surface area contributed by atoms with Gasteiger partial charge in [0.1, 0.15) is 0 Å². The highest BCUT2D eigenvalue weighted by molar-refractivity contribution is 5.33. The van der Waals surface area contributed by atoms with Gasteiger partial charge in [0.25, 0.3) is 0 Å². The SMILES string of the molecule is CCC1(C)CC(N)CC(c2ccc(C)cc2C)C1. The lowest BCUT2D eigenvalue weighted by atomic mass is 9.65. The largest absolute Gasteiger partial charge is 0.328 e. The molecule has 3 unspecified atom stereocenters. The van der Waals surface area contributed by atoms with Gasteiger partial charge in [0.2, 0.25) is 0 Å². The van der Waals surface area contributed by atoms with Crippen molar-refractivity contribution in [3.05, 3.63) is 34.9 Å². The molecule has 18 heavy (non-hydrogen) atoms. The lowest BCUT2D eigenvalue weighted by molar-refractivity contribution is 0.167. The quantitative estimate of drug-likeness (QED) is 0.825. The van der Waals surface area contributed by atoms with Crippen LogP contribution < -0.4 is 5.73 Å². The van der Waals surface area contributed by atoms with E-state index in [9.17, 15) is 0 Å². The Labute approximate surface area is 112 Å². The molecule has 1 fully saturated rings. The Kier molecular flexibility index (Phi) is 3.82. The summed E-state index contributed by atoms with van der Waals surface area (Å²) in [5.41, 5.74) is 11.0. The standard InChI is InChI=1S/C17H27N/c1-5-17(4)10-14(9-15(18)11-17)16-7-6-12(2)8-13(16)3/h6-8,14-15H,5,9-11,18H2,1-4H3. The first-order chi connectivity index (χ1) is 8.43. The molecule has 0 radical (unpaired) electrons. The Morgan fingerprint density at radius 1 is 1.28 bits per heavy atom. The summed E-state index contributed by atoms with van der Waals surface area (Å²) in [7, 11) is 0. The zero-order chi connectivity index (χ0) is 13.3. The van der Waals surface area contributed by atoms with Crippen molar-refractivity contribution in [1.29, 1.82) is 0 Å². The molecule has 3 atom stereocenters. The Hall–Kier alpha value is -0.820. The molecular formula is C17H27N. The van der Waals surface area contributed by atoms with E-state index in [4.69, 9.17) is 5.73 Å². The molecule has 0 aromatic heterocycles. The predicted molar refractivity (Wildman–Crippen MR) is 78.9 cm³/mol. The van der Waals surface area contributed by atoms with Crippen molar-refractivity contribution in [3.63, 3.8) is 0 Å². The van der Waals surface area contributed by atoms with Gasteiger partial charge in [-0.2, -0.15) is 0 Å². The van der Waals surface area contributed by atoms with Gasteiger partial charge < -0.3 is 5.73 Å². The van der Waals surface area contributed by atoms with Gasteiger partial charge in [-0.1, -0.05) is 44.0 Å². The van der Waals surface area contributed by atoms with E-state index in [0.717, 1.165) is 6.42 Å². The maximum atomic E-state index is 6.29. The van der Waals surface area contributed by atoms with Crippen LogP contribution in [0.1, 0.15) is 62.1 Å². The second-order valence-corrected chi connectivity index (χ2v) is 6.63. The van der Waals surface area contributed by atoms with Gasteiger partial charge in [-0.25, -0.2) is 0 Å². The highest BCUT2D eigenvalue weighted by Crippen LogP contribution is 2.45. The van der Waals surface area contributed by atoms with Crippen LogP contribution in [0.15, 0.2) is 18.2 Å². The highest BCUT2D eigenvalue weighted by Gasteiger charge is 2.35. The smallest absolute Gasteiger partial charge is 0.00498 e. The molecule has 1 aliphatic rings. The molecule has 100 valence electrons. The Morgan fingerprint density at radius 2 is 2.00 bits per heavy atom. The number of aryl methyl sites for hydroxylation is 2. The summed E-state index contributed by atoms with van der Waals surface area (Å²) in [6.07, 6.45) is 4.87. The fraction of sp³-hybridized carbons (Fsp3) is 0.647. The molecule has 0 spiro atoms. The Bertz CT molecular complexity index is 424. The van der Waals surface area contributed by atoms with E-state index in [-0.39, 0.29) is 0 Å². The van der Waals surface area contributed by atoms with E-state index < -0.39 is 0 Å². The van der Waals surface area contributed by atoms with Crippen molar-refractivity contribution in [2.45, 2.75) is 65.3 Å². The number of hydrogen-bond donors (Lipinski definition) is 1. The van der Waals surface area contributed by atoms with Crippen molar-refractivity contribution >= 4 is 0 Å². The molecule has 1 heteroatoms. The fourth-order valence-electron chi connectivity index (χ4n) is 3.65. The normalized spacial score (nSPS) is 32.5. The highest BCUT2D eigenvalue weighted by atomic mass is 14.7.